The molecule has 0 aliphatic heterocycles. The van der Waals surface area contributed by atoms with E-state index in [1.54, 1.807) is 0 Å². The zero-order valence-corrected chi connectivity index (χ0v) is 19.0. The highest BCUT2D eigenvalue weighted by molar-refractivity contribution is 7.53. The fourth-order valence-electron chi connectivity index (χ4n) is 4.94. The van der Waals surface area contributed by atoms with Crippen LogP contribution in [0, 0.1) is 11.6 Å². The highest BCUT2D eigenvalue weighted by atomic mass is 31.2. The second kappa shape index (κ2) is 9.73. The fraction of sp³-hybridized carbons (Fsp3) is 0.520. The lowest BCUT2D eigenvalue weighted by Gasteiger charge is -2.23. The van der Waals surface area contributed by atoms with Crippen molar-refractivity contribution in [3.8, 4) is 11.5 Å². The number of halogens is 2. The molecule has 4 rings (SSSR count). The van der Waals surface area contributed by atoms with Crippen molar-refractivity contribution in [2.75, 3.05) is 6.66 Å². The van der Waals surface area contributed by atoms with Gasteiger partial charge in [-0.3, -0.25) is 0 Å². The standard InChI is InChI=1S/C25H31F2O3P/c1-31(28,29-24-14-12-20(16-22(24)26)18-8-4-2-5-9-18)30-25-15-13-21(17-23(25)27)19-10-6-3-7-11-19/h12-19H,2-11H2,1H3. The molecule has 0 saturated heterocycles. The number of hydrogen-bond donors (Lipinski definition) is 0. The van der Waals surface area contributed by atoms with Gasteiger partial charge in [0.1, 0.15) is 0 Å². The number of benzene rings is 2. The van der Waals surface area contributed by atoms with E-state index >= 15 is 0 Å². The summed E-state index contributed by atoms with van der Waals surface area (Å²) in [7, 11) is -3.76. The first-order chi connectivity index (χ1) is 14.9. The second-order valence-electron chi connectivity index (χ2n) is 9.00. The molecule has 0 atom stereocenters. The Kier molecular flexibility index (Phi) is 7.01. The molecule has 0 aromatic heterocycles. The molecular formula is C25H31F2O3P. The maximum Gasteiger partial charge on any atom is 0.427 e. The molecule has 2 fully saturated rings. The molecule has 0 N–H and O–H groups in total. The molecule has 2 aliphatic rings. The Labute approximate surface area is 183 Å². The zero-order valence-electron chi connectivity index (χ0n) is 18.1. The lowest BCUT2D eigenvalue weighted by Crippen LogP contribution is -2.07. The summed E-state index contributed by atoms with van der Waals surface area (Å²) in [4.78, 5) is 0. The molecule has 0 bridgehead atoms. The second-order valence-corrected chi connectivity index (χ2v) is 10.9. The molecule has 2 saturated carbocycles. The third-order valence-corrected chi connectivity index (χ3v) is 7.65. The Bertz CT molecular complexity index is 876. The smallest absolute Gasteiger partial charge is 0.413 e. The first-order valence-corrected chi connectivity index (χ1v) is 13.5. The van der Waals surface area contributed by atoms with Crippen LogP contribution in [-0.2, 0) is 4.57 Å². The Morgan fingerprint density at radius 2 is 1.10 bits per heavy atom. The maximum absolute atomic E-state index is 14.6. The largest absolute Gasteiger partial charge is 0.427 e. The van der Waals surface area contributed by atoms with Gasteiger partial charge in [0.2, 0.25) is 0 Å². The van der Waals surface area contributed by atoms with E-state index in [1.165, 1.54) is 43.8 Å². The Balaban J connectivity index is 1.43. The van der Waals surface area contributed by atoms with Gasteiger partial charge >= 0.3 is 7.60 Å². The summed E-state index contributed by atoms with van der Waals surface area (Å²) in [5.41, 5.74) is 1.89. The van der Waals surface area contributed by atoms with Crippen LogP contribution in [0.25, 0.3) is 0 Å². The minimum absolute atomic E-state index is 0.135. The molecule has 0 heterocycles. The molecular weight excluding hydrogens is 417 g/mol. The summed E-state index contributed by atoms with van der Waals surface area (Å²) in [6.07, 6.45) is 11.3. The van der Waals surface area contributed by atoms with Gasteiger partial charge in [-0.05, 0) is 72.9 Å². The molecule has 31 heavy (non-hydrogen) atoms. The van der Waals surface area contributed by atoms with Crippen molar-refractivity contribution in [2.45, 2.75) is 76.0 Å². The minimum Gasteiger partial charge on any atom is -0.413 e. The molecule has 6 heteroatoms. The highest BCUT2D eigenvalue weighted by Crippen LogP contribution is 2.47. The summed E-state index contributed by atoms with van der Waals surface area (Å²) >= 11 is 0. The van der Waals surface area contributed by atoms with E-state index in [4.69, 9.17) is 9.05 Å². The third-order valence-electron chi connectivity index (χ3n) is 6.59. The first-order valence-electron chi connectivity index (χ1n) is 11.5. The van der Waals surface area contributed by atoms with E-state index < -0.39 is 19.2 Å². The topological polar surface area (TPSA) is 35.5 Å². The molecule has 0 amide bonds. The van der Waals surface area contributed by atoms with Gasteiger partial charge < -0.3 is 9.05 Å². The normalized spacial score (nSPS) is 18.7. The summed E-state index contributed by atoms with van der Waals surface area (Å²) in [6, 6.07) is 9.58. The van der Waals surface area contributed by atoms with Crippen LogP contribution in [-0.4, -0.2) is 6.66 Å². The van der Waals surface area contributed by atoms with E-state index in [-0.39, 0.29) is 11.5 Å². The van der Waals surface area contributed by atoms with Crippen molar-refractivity contribution in [1.82, 2.24) is 0 Å². The molecule has 0 spiro atoms. The SMILES string of the molecule is CP(=O)(Oc1ccc(C2CCCCC2)cc1F)Oc1ccc(C2CCCCC2)cc1F. The number of rotatable bonds is 6. The predicted octanol–water partition coefficient (Wildman–Crippen LogP) is 8.34. The van der Waals surface area contributed by atoms with E-state index in [9.17, 15) is 13.3 Å². The van der Waals surface area contributed by atoms with E-state index in [0.29, 0.717) is 11.8 Å². The number of hydrogen-bond acceptors (Lipinski definition) is 3. The molecule has 3 nitrogen and oxygen atoms in total. The Hall–Kier alpha value is -1.87. The van der Waals surface area contributed by atoms with E-state index in [2.05, 4.69) is 0 Å². The zero-order chi connectivity index (χ0) is 21.8. The van der Waals surface area contributed by atoms with Crippen LogP contribution in [0.4, 0.5) is 8.78 Å². The van der Waals surface area contributed by atoms with E-state index in [1.807, 2.05) is 12.1 Å². The van der Waals surface area contributed by atoms with E-state index in [0.717, 1.165) is 62.5 Å². The van der Waals surface area contributed by atoms with Gasteiger partial charge in [-0.15, -0.1) is 0 Å². The lowest BCUT2D eigenvalue weighted by molar-refractivity contribution is 0.372. The average Bonchev–Trinajstić information content (AvgIpc) is 2.77. The quantitative estimate of drug-likeness (QED) is 0.417. The molecule has 0 unspecified atom stereocenters. The monoisotopic (exact) mass is 448 g/mol. The minimum atomic E-state index is -3.76. The van der Waals surface area contributed by atoms with Crippen molar-refractivity contribution in [3.63, 3.8) is 0 Å². The van der Waals surface area contributed by atoms with Crippen LogP contribution in [0.3, 0.4) is 0 Å². The summed E-state index contributed by atoms with van der Waals surface area (Å²) in [5.74, 6) is -0.685. The van der Waals surface area contributed by atoms with Gasteiger partial charge in [0.25, 0.3) is 0 Å². The van der Waals surface area contributed by atoms with Crippen LogP contribution in [0.15, 0.2) is 36.4 Å². The van der Waals surface area contributed by atoms with Gasteiger partial charge in [0.15, 0.2) is 23.1 Å². The van der Waals surface area contributed by atoms with Crippen molar-refractivity contribution < 1.29 is 22.4 Å². The van der Waals surface area contributed by atoms with Crippen LogP contribution in [0.5, 0.6) is 11.5 Å². The summed E-state index contributed by atoms with van der Waals surface area (Å²) in [5, 5.41) is 0. The fourth-order valence-corrected chi connectivity index (χ4v) is 5.99. The van der Waals surface area contributed by atoms with Crippen LogP contribution in [0.1, 0.15) is 87.2 Å². The molecule has 168 valence electrons. The van der Waals surface area contributed by atoms with Crippen LogP contribution in [0.2, 0.25) is 0 Å². The van der Waals surface area contributed by atoms with Crippen molar-refractivity contribution in [2.24, 2.45) is 0 Å². The van der Waals surface area contributed by atoms with Crippen LogP contribution < -0.4 is 9.05 Å². The van der Waals surface area contributed by atoms with Gasteiger partial charge in [-0.1, -0.05) is 50.7 Å². The summed E-state index contributed by atoms with van der Waals surface area (Å²) in [6.45, 7) is 1.23. The maximum atomic E-state index is 14.6. The highest BCUT2D eigenvalue weighted by Gasteiger charge is 2.26. The van der Waals surface area contributed by atoms with Crippen LogP contribution >= 0.6 is 7.60 Å². The van der Waals surface area contributed by atoms with Gasteiger partial charge in [0.05, 0.1) is 6.66 Å². The van der Waals surface area contributed by atoms with Crippen molar-refractivity contribution in [3.05, 3.63) is 59.2 Å². The average molecular weight is 448 g/mol. The third kappa shape index (κ3) is 5.68. The Morgan fingerprint density at radius 1 is 0.710 bits per heavy atom. The van der Waals surface area contributed by atoms with Gasteiger partial charge in [-0.2, -0.15) is 0 Å². The van der Waals surface area contributed by atoms with Crippen molar-refractivity contribution in [1.29, 1.82) is 0 Å². The molecule has 0 radical (unpaired) electrons. The van der Waals surface area contributed by atoms with Gasteiger partial charge in [0, 0.05) is 0 Å². The Morgan fingerprint density at radius 3 is 1.45 bits per heavy atom. The van der Waals surface area contributed by atoms with Crippen molar-refractivity contribution >= 4 is 7.60 Å². The predicted molar refractivity (Wildman–Crippen MR) is 119 cm³/mol. The lowest BCUT2D eigenvalue weighted by atomic mass is 9.84. The molecule has 2 aromatic rings. The van der Waals surface area contributed by atoms with Gasteiger partial charge in [-0.25, -0.2) is 13.3 Å². The molecule has 2 aliphatic carbocycles. The summed E-state index contributed by atoms with van der Waals surface area (Å²) < 4.78 is 52.9. The molecule has 2 aromatic carbocycles. The first kappa shape index (κ1) is 22.3.